The van der Waals surface area contributed by atoms with Crippen molar-refractivity contribution in [3.05, 3.63) is 41.7 Å². The number of rotatable bonds is 3. The topological polar surface area (TPSA) is 57.7 Å². The van der Waals surface area contributed by atoms with Gasteiger partial charge in [-0.05, 0) is 43.9 Å². The molecule has 2 aromatic rings. The second-order valence-electron chi connectivity index (χ2n) is 6.39. The van der Waals surface area contributed by atoms with E-state index >= 15 is 0 Å². The van der Waals surface area contributed by atoms with E-state index in [2.05, 4.69) is 25.7 Å². The smallest absolute Gasteiger partial charge is 0.137 e. The molecule has 2 heterocycles. The highest BCUT2D eigenvalue weighted by molar-refractivity contribution is 5.59. The number of nitriles is 1. The van der Waals surface area contributed by atoms with Crippen molar-refractivity contribution in [3.8, 4) is 6.07 Å². The summed E-state index contributed by atoms with van der Waals surface area (Å²) in [5.74, 6) is 0.994. The first-order chi connectivity index (χ1) is 11.3. The van der Waals surface area contributed by atoms with Gasteiger partial charge in [-0.15, -0.1) is 10.2 Å². The Morgan fingerprint density at radius 2 is 2.13 bits per heavy atom. The van der Waals surface area contributed by atoms with Crippen LogP contribution in [0, 0.1) is 17.1 Å². The number of nitrogens with zero attached hydrogens (tertiary/aromatic N) is 5. The molecule has 1 saturated heterocycles. The fourth-order valence-corrected chi connectivity index (χ4v) is 3.46. The number of halogens is 1. The van der Waals surface area contributed by atoms with Crippen molar-refractivity contribution in [3.63, 3.8) is 0 Å². The molecule has 118 valence electrons. The average molecular weight is 311 g/mol. The fraction of sp³-hybridized carbons (Fsp3) is 0.471. The van der Waals surface area contributed by atoms with Gasteiger partial charge in [-0.25, -0.2) is 4.39 Å². The molecule has 1 atom stereocenters. The van der Waals surface area contributed by atoms with E-state index in [1.165, 1.54) is 25.0 Å². The van der Waals surface area contributed by atoms with Crippen LogP contribution in [-0.2, 0) is 0 Å². The zero-order valence-electron chi connectivity index (χ0n) is 12.8. The summed E-state index contributed by atoms with van der Waals surface area (Å²) in [6.07, 6.45) is 6.36. The lowest BCUT2D eigenvalue weighted by molar-refractivity contribution is 0.471. The monoisotopic (exact) mass is 311 g/mol. The maximum absolute atomic E-state index is 13.4. The van der Waals surface area contributed by atoms with Crippen LogP contribution in [0.2, 0.25) is 0 Å². The lowest BCUT2D eigenvalue weighted by Crippen LogP contribution is -2.35. The molecule has 4 rings (SSSR count). The molecule has 0 N–H and O–H groups in total. The Morgan fingerprint density at radius 1 is 1.26 bits per heavy atom. The molecule has 1 aliphatic carbocycles. The van der Waals surface area contributed by atoms with Crippen LogP contribution >= 0.6 is 0 Å². The molecular weight excluding hydrogens is 293 g/mol. The highest BCUT2D eigenvalue weighted by Crippen LogP contribution is 2.38. The summed E-state index contributed by atoms with van der Waals surface area (Å²) in [4.78, 5) is 2.18. The predicted molar refractivity (Wildman–Crippen MR) is 83.6 cm³/mol. The first-order valence-electron chi connectivity index (χ1n) is 8.10. The van der Waals surface area contributed by atoms with Gasteiger partial charge in [0.2, 0.25) is 0 Å². The Kier molecular flexibility index (Phi) is 3.49. The van der Waals surface area contributed by atoms with Gasteiger partial charge in [0, 0.05) is 25.0 Å². The molecule has 0 bridgehead atoms. The number of aromatic nitrogens is 3. The van der Waals surface area contributed by atoms with Crippen molar-refractivity contribution in [2.45, 2.75) is 37.6 Å². The molecule has 0 spiro atoms. The lowest BCUT2D eigenvalue weighted by atomic mass is 9.96. The first-order valence-corrected chi connectivity index (χ1v) is 8.10. The van der Waals surface area contributed by atoms with E-state index in [9.17, 15) is 9.65 Å². The van der Waals surface area contributed by atoms with E-state index in [1.54, 1.807) is 6.07 Å². The van der Waals surface area contributed by atoms with Crippen LogP contribution in [0.1, 0.15) is 49.0 Å². The molecular formula is C17H18FN5. The van der Waals surface area contributed by atoms with Gasteiger partial charge in [0.05, 0.1) is 11.3 Å². The maximum Gasteiger partial charge on any atom is 0.137 e. The zero-order chi connectivity index (χ0) is 15.8. The average Bonchev–Trinajstić information content (AvgIpc) is 3.31. The Hall–Kier alpha value is -2.42. The Balaban J connectivity index is 1.60. The summed E-state index contributed by atoms with van der Waals surface area (Å²) < 4.78 is 15.6. The summed E-state index contributed by atoms with van der Waals surface area (Å²) in [5.41, 5.74) is 1.21. The first kappa shape index (κ1) is 14.2. The highest BCUT2D eigenvalue weighted by Gasteiger charge is 2.31. The molecule has 1 unspecified atom stereocenters. The van der Waals surface area contributed by atoms with Crippen LogP contribution in [0.15, 0.2) is 24.5 Å². The summed E-state index contributed by atoms with van der Waals surface area (Å²) in [6, 6.07) is 7.12. The van der Waals surface area contributed by atoms with Gasteiger partial charge >= 0.3 is 0 Å². The van der Waals surface area contributed by atoms with Crippen LogP contribution in [0.4, 0.5) is 10.1 Å². The summed E-state index contributed by atoms with van der Waals surface area (Å²) in [6.45, 7) is 1.68. The van der Waals surface area contributed by atoms with E-state index < -0.39 is 0 Å². The summed E-state index contributed by atoms with van der Waals surface area (Å²) >= 11 is 0. The van der Waals surface area contributed by atoms with Gasteiger partial charge in [0.1, 0.15) is 24.0 Å². The molecule has 6 heteroatoms. The van der Waals surface area contributed by atoms with E-state index in [1.807, 2.05) is 6.33 Å². The van der Waals surface area contributed by atoms with E-state index in [4.69, 9.17) is 0 Å². The van der Waals surface area contributed by atoms with E-state index in [-0.39, 0.29) is 5.82 Å². The van der Waals surface area contributed by atoms with Gasteiger partial charge in [-0.2, -0.15) is 5.26 Å². The van der Waals surface area contributed by atoms with Crippen molar-refractivity contribution in [1.82, 2.24) is 14.8 Å². The molecule has 5 nitrogen and oxygen atoms in total. The molecule has 1 aromatic heterocycles. The Bertz CT molecular complexity index is 759. The van der Waals surface area contributed by atoms with Gasteiger partial charge in [-0.1, -0.05) is 0 Å². The summed E-state index contributed by atoms with van der Waals surface area (Å²) in [5, 5.41) is 17.7. The van der Waals surface area contributed by atoms with Crippen LogP contribution in [-0.4, -0.2) is 27.9 Å². The van der Waals surface area contributed by atoms with Gasteiger partial charge < -0.3 is 9.47 Å². The predicted octanol–water partition coefficient (Wildman–Crippen LogP) is 3.01. The van der Waals surface area contributed by atoms with Gasteiger partial charge in [-0.3, -0.25) is 0 Å². The second kappa shape index (κ2) is 5.65. The minimum atomic E-state index is -0.368. The minimum Gasteiger partial charge on any atom is -0.370 e. The number of anilines is 1. The van der Waals surface area contributed by atoms with Crippen LogP contribution in [0.5, 0.6) is 0 Å². The van der Waals surface area contributed by atoms with E-state index in [0.29, 0.717) is 17.5 Å². The SMILES string of the molecule is N#Cc1cc(F)ccc1N1CCCC(c2nncn2C2CC2)C1. The third kappa shape index (κ3) is 2.67. The highest BCUT2D eigenvalue weighted by atomic mass is 19.1. The zero-order valence-corrected chi connectivity index (χ0v) is 12.8. The van der Waals surface area contributed by atoms with Crippen molar-refractivity contribution in [1.29, 1.82) is 5.26 Å². The van der Waals surface area contributed by atoms with Crippen molar-refractivity contribution >= 4 is 5.69 Å². The molecule has 1 aliphatic heterocycles. The molecule has 1 aromatic carbocycles. The number of benzene rings is 1. The quantitative estimate of drug-likeness (QED) is 0.874. The Labute approximate surface area is 134 Å². The van der Waals surface area contributed by atoms with Gasteiger partial charge in [0.15, 0.2) is 0 Å². The Morgan fingerprint density at radius 3 is 2.91 bits per heavy atom. The van der Waals surface area contributed by atoms with Crippen molar-refractivity contribution in [2.24, 2.45) is 0 Å². The van der Waals surface area contributed by atoms with Crippen molar-refractivity contribution < 1.29 is 4.39 Å². The molecule has 2 fully saturated rings. The number of hydrogen-bond acceptors (Lipinski definition) is 4. The molecule has 23 heavy (non-hydrogen) atoms. The molecule has 0 amide bonds. The van der Waals surface area contributed by atoms with Crippen LogP contribution in [0.25, 0.3) is 0 Å². The summed E-state index contributed by atoms with van der Waals surface area (Å²) in [7, 11) is 0. The fourth-order valence-electron chi connectivity index (χ4n) is 3.46. The third-order valence-corrected chi connectivity index (χ3v) is 4.75. The van der Waals surface area contributed by atoms with Gasteiger partial charge in [0.25, 0.3) is 0 Å². The van der Waals surface area contributed by atoms with E-state index in [0.717, 1.165) is 37.4 Å². The minimum absolute atomic E-state index is 0.309. The number of hydrogen-bond donors (Lipinski definition) is 0. The largest absolute Gasteiger partial charge is 0.370 e. The molecule has 2 aliphatic rings. The maximum atomic E-state index is 13.4. The standard InChI is InChI=1S/C17H18FN5/c18-14-3-6-16(13(8-14)9-19)22-7-1-2-12(10-22)17-21-20-11-23(17)15-4-5-15/h3,6,8,11-12,15H,1-2,4-5,7,10H2. The van der Waals surface area contributed by atoms with Crippen molar-refractivity contribution in [2.75, 3.05) is 18.0 Å². The lowest BCUT2D eigenvalue weighted by Gasteiger charge is -2.34. The normalized spacial score (nSPS) is 21.2. The molecule has 1 saturated carbocycles. The van der Waals surface area contributed by atoms with Crippen LogP contribution < -0.4 is 4.90 Å². The molecule has 0 radical (unpaired) electrons. The number of piperidine rings is 1. The van der Waals surface area contributed by atoms with Crippen LogP contribution in [0.3, 0.4) is 0 Å². The third-order valence-electron chi connectivity index (χ3n) is 4.75. The second-order valence-corrected chi connectivity index (χ2v) is 6.39.